The van der Waals surface area contributed by atoms with E-state index in [0.717, 1.165) is 16.5 Å². The minimum Gasteiger partial charge on any atom is -0.296 e. The van der Waals surface area contributed by atoms with E-state index in [2.05, 4.69) is 22.4 Å². The van der Waals surface area contributed by atoms with Crippen LogP contribution in [0.3, 0.4) is 0 Å². The molecule has 1 N–H and O–H groups in total. The number of carbonyl (C=O) groups is 1. The van der Waals surface area contributed by atoms with Crippen molar-refractivity contribution in [3.8, 4) is 0 Å². The summed E-state index contributed by atoms with van der Waals surface area (Å²) in [6.45, 7) is 2.11. The number of hydrogen-bond acceptors (Lipinski definition) is 5. The van der Waals surface area contributed by atoms with Crippen LogP contribution in [-0.4, -0.2) is 21.9 Å². The fourth-order valence-corrected chi connectivity index (χ4v) is 3.08. The number of hydrogen-bond donors (Lipinski definition) is 1. The Kier molecular flexibility index (Phi) is 5.18. The van der Waals surface area contributed by atoms with Gasteiger partial charge in [0.25, 0.3) is 5.91 Å². The molecule has 0 radical (unpaired) electrons. The molecule has 0 unspecified atom stereocenters. The van der Waals surface area contributed by atoms with Gasteiger partial charge < -0.3 is 0 Å². The molecular formula is C12H12ClN3OS2. The fraction of sp³-hybridized carbons (Fsp3) is 0.250. The van der Waals surface area contributed by atoms with Gasteiger partial charge >= 0.3 is 0 Å². The SMILES string of the molecule is CCCSc1nnc(NC(=O)c2ccc(Cl)cc2)s1. The summed E-state index contributed by atoms with van der Waals surface area (Å²) in [6.07, 6.45) is 1.08. The van der Waals surface area contributed by atoms with E-state index < -0.39 is 0 Å². The maximum atomic E-state index is 11.9. The van der Waals surface area contributed by atoms with Crippen molar-refractivity contribution in [3.63, 3.8) is 0 Å². The van der Waals surface area contributed by atoms with Crippen LogP contribution >= 0.6 is 34.7 Å². The molecule has 1 aromatic carbocycles. The topological polar surface area (TPSA) is 54.9 Å². The molecule has 2 aromatic rings. The number of benzene rings is 1. The molecule has 4 nitrogen and oxygen atoms in total. The summed E-state index contributed by atoms with van der Waals surface area (Å²) < 4.78 is 0.869. The van der Waals surface area contributed by atoms with Crippen molar-refractivity contribution < 1.29 is 4.79 Å². The second-order valence-electron chi connectivity index (χ2n) is 3.68. The van der Waals surface area contributed by atoms with E-state index in [1.807, 2.05) is 0 Å². The van der Waals surface area contributed by atoms with Gasteiger partial charge in [0.2, 0.25) is 5.13 Å². The monoisotopic (exact) mass is 313 g/mol. The van der Waals surface area contributed by atoms with Crippen LogP contribution < -0.4 is 5.32 Å². The smallest absolute Gasteiger partial charge is 0.257 e. The average molecular weight is 314 g/mol. The molecule has 0 aliphatic rings. The second-order valence-corrected chi connectivity index (χ2v) is 6.44. The molecule has 0 aliphatic heterocycles. The van der Waals surface area contributed by atoms with Crippen LogP contribution in [0.4, 0.5) is 5.13 Å². The number of rotatable bonds is 5. The van der Waals surface area contributed by atoms with E-state index in [4.69, 9.17) is 11.6 Å². The normalized spacial score (nSPS) is 10.4. The van der Waals surface area contributed by atoms with Gasteiger partial charge in [0.15, 0.2) is 4.34 Å². The lowest BCUT2D eigenvalue weighted by molar-refractivity contribution is 0.102. The highest BCUT2D eigenvalue weighted by Gasteiger charge is 2.10. The first-order chi connectivity index (χ1) is 9.19. The van der Waals surface area contributed by atoms with Crippen molar-refractivity contribution in [3.05, 3.63) is 34.9 Å². The molecular weight excluding hydrogens is 302 g/mol. The van der Waals surface area contributed by atoms with Crippen LogP contribution in [-0.2, 0) is 0 Å². The largest absolute Gasteiger partial charge is 0.296 e. The van der Waals surface area contributed by atoms with Gasteiger partial charge in [-0.15, -0.1) is 10.2 Å². The molecule has 1 heterocycles. The zero-order valence-corrected chi connectivity index (χ0v) is 12.6. The third-order valence-electron chi connectivity index (χ3n) is 2.16. The maximum Gasteiger partial charge on any atom is 0.257 e. The number of halogens is 1. The summed E-state index contributed by atoms with van der Waals surface area (Å²) in [5.41, 5.74) is 0.544. The zero-order chi connectivity index (χ0) is 13.7. The van der Waals surface area contributed by atoms with Crippen LogP contribution in [0.25, 0.3) is 0 Å². The third kappa shape index (κ3) is 4.19. The molecule has 0 saturated heterocycles. The van der Waals surface area contributed by atoms with Gasteiger partial charge in [-0.25, -0.2) is 0 Å². The number of aromatic nitrogens is 2. The number of nitrogens with one attached hydrogen (secondary N) is 1. The highest BCUT2D eigenvalue weighted by atomic mass is 35.5. The van der Waals surface area contributed by atoms with Gasteiger partial charge in [0, 0.05) is 16.3 Å². The number of amides is 1. The lowest BCUT2D eigenvalue weighted by Gasteiger charge is -2.00. The van der Waals surface area contributed by atoms with E-state index in [-0.39, 0.29) is 5.91 Å². The number of carbonyl (C=O) groups excluding carboxylic acids is 1. The lowest BCUT2D eigenvalue weighted by atomic mass is 10.2. The van der Waals surface area contributed by atoms with Crippen molar-refractivity contribution in [1.82, 2.24) is 10.2 Å². The quantitative estimate of drug-likeness (QED) is 0.671. The van der Waals surface area contributed by atoms with Crippen molar-refractivity contribution in [2.75, 3.05) is 11.1 Å². The van der Waals surface area contributed by atoms with Crippen LogP contribution in [0.5, 0.6) is 0 Å². The van der Waals surface area contributed by atoms with Crippen LogP contribution in [0.2, 0.25) is 5.02 Å². The van der Waals surface area contributed by atoms with Gasteiger partial charge in [0.1, 0.15) is 0 Å². The Hall–Kier alpha value is -1.11. The van der Waals surface area contributed by atoms with Crippen molar-refractivity contribution in [2.45, 2.75) is 17.7 Å². The Morgan fingerprint density at radius 1 is 1.37 bits per heavy atom. The Morgan fingerprint density at radius 3 is 2.79 bits per heavy atom. The maximum absolute atomic E-state index is 11.9. The third-order valence-corrected chi connectivity index (χ3v) is 4.59. The number of nitrogens with zero attached hydrogens (tertiary/aromatic N) is 2. The molecule has 1 amide bonds. The number of anilines is 1. The summed E-state index contributed by atoms with van der Waals surface area (Å²) >= 11 is 8.80. The van der Waals surface area contributed by atoms with Crippen LogP contribution in [0, 0.1) is 0 Å². The highest BCUT2D eigenvalue weighted by molar-refractivity contribution is 8.01. The first-order valence-corrected chi connectivity index (χ1v) is 7.90. The first kappa shape index (κ1) is 14.3. The van der Waals surface area contributed by atoms with Gasteiger partial charge in [-0.3, -0.25) is 10.1 Å². The summed E-state index contributed by atoms with van der Waals surface area (Å²) in [5.74, 6) is 0.791. The molecule has 1 aromatic heterocycles. The van der Waals surface area contributed by atoms with E-state index >= 15 is 0 Å². The van der Waals surface area contributed by atoms with Crippen LogP contribution in [0.15, 0.2) is 28.6 Å². The van der Waals surface area contributed by atoms with Gasteiger partial charge in [-0.1, -0.05) is 41.6 Å². The fourth-order valence-electron chi connectivity index (χ4n) is 1.28. The Bertz CT molecular complexity index is 556. The summed E-state index contributed by atoms with van der Waals surface area (Å²) in [7, 11) is 0. The Labute approximate surface area is 124 Å². The standard InChI is InChI=1S/C12H12ClN3OS2/c1-2-7-18-12-16-15-11(19-12)14-10(17)8-3-5-9(13)6-4-8/h3-6H,2,7H2,1H3,(H,14,15,17). The van der Waals surface area contributed by atoms with Crippen molar-refractivity contribution >= 4 is 45.7 Å². The predicted molar refractivity (Wildman–Crippen MR) is 80.3 cm³/mol. The molecule has 0 spiro atoms. The van der Waals surface area contributed by atoms with Gasteiger partial charge in [-0.05, 0) is 30.7 Å². The first-order valence-electron chi connectivity index (χ1n) is 5.72. The molecule has 19 heavy (non-hydrogen) atoms. The summed E-state index contributed by atoms with van der Waals surface area (Å²) in [6, 6.07) is 6.70. The molecule has 0 bridgehead atoms. The molecule has 0 saturated carbocycles. The molecule has 7 heteroatoms. The highest BCUT2D eigenvalue weighted by Crippen LogP contribution is 2.26. The Balaban J connectivity index is 1.98. The summed E-state index contributed by atoms with van der Waals surface area (Å²) in [5, 5.41) is 11.8. The molecule has 0 aliphatic carbocycles. The zero-order valence-electron chi connectivity index (χ0n) is 10.2. The molecule has 100 valence electrons. The molecule has 0 fully saturated rings. The molecule has 2 rings (SSSR count). The summed E-state index contributed by atoms with van der Waals surface area (Å²) in [4.78, 5) is 11.9. The van der Waals surface area contributed by atoms with Gasteiger partial charge in [-0.2, -0.15) is 0 Å². The van der Waals surface area contributed by atoms with E-state index in [0.29, 0.717) is 15.7 Å². The van der Waals surface area contributed by atoms with Crippen molar-refractivity contribution in [2.24, 2.45) is 0 Å². The van der Waals surface area contributed by atoms with Crippen LogP contribution in [0.1, 0.15) is 23.7 Å². The Morgan fingerprint density at radius 2 is 2.11 bits per heavy atom. The molecule has 0 atom stereocenters. The lowest BCUT2D eigenvalue weighted by Crippen LogP contribution is -2.11. The number of thioether (sulfide) groups is 1. The average Bonchev–Trinajstić information content (AvgIpc) is 2.84. The minimum atomic E-state index is -0.208. The van der Waals surface area contributed by atoms with E-state index in [1.54, 1.807) is 36.0 Å². The van der Waals surface area contributed by atoms with E-state index in [9.17, 15) is 4.79 Å². The van der Waals surface area contributed by atoms with Crippen molar-refractivity contribution in [1.29, 1.82) is 0 Å². The second kappa shape index (κ2) is 6.88. The van der Waals surface area contributed by atoms with E-state index in [1.165, 1.54) is 11.3 Å². The predicted octanol–water partition coefficient (Wildman–Crippen LogP) is 3.95. The van der Waals surface area contributed by atoms with Gasteiger partial charge in [0.05, 0.1) is 0 Å². The minimum absolute atomic E-state index is 0.208.